The van der Waals surface area contributed by atoms with Crippen molar-refractivity contribution in [2.45, 2.75) is 26.7 Å². The second-order valence-electron chi connectivity index (χ2n) is 7.93. The predicted molar refractivity (Wildman–Crippen MR) is 119 cm³/mol. The molecule has 0 aliphatic carbocycles. The Balaban J connectivity index is 1.96. The van der Waals surface area contributed by atoms with Gasteiger partial charge in [0.05, 0.1) is 11.1 Å². The number of nitrogens with zero attached hydrogens (tertiary/aromatic N) is 3. The lowest BCUT2D eigenvalue weighted by molar-refractivity contribution is 0.868. The molecule has 6 heteroatoms. The number of hydrogen-bond acceptors (Lipinski definition) is 4. The van der Waals surface area contributed by atoms with Crippen molar-refractivity contribution in [2.75, 3.05) is 0 Å². The Labute approximate surface area is 172 Å². The van der Waals surface area contributed by atoms with E-state index in [9.17, 15) is 9.59 Å². The highest BCUT2D eigenvalue weighted by atomic mass is 16.2. The van der Waals surface area contributed by atoms with Crippen LogP contribution in [0.5, 0.6) is 0 Å². The molecule has 30 heavy (non-hydrogen) atoms. The Morgan fingerprint density at radius 3 is 2.40 bits per heavy atom. The summed E-state index contributed by atoms with van der Waals surface area (Å²) in [5.41, 5.74) is 3.85. The normalized spacial score (nSPS) is 11.7. The number of aromatic amines is 1. The van der Waals surface area contributed by atoms with Gasteiger partial charge in [0.1, 0.15) is 5.65 Å². The number of fused-ring (bicyclic) bond motifs is 3. The second kappa shape index (κ2) is 6.62. The lowest BCUT2D eigenvalue weighted by Crippen LogP contribution is -2.27. The van der Waals surface area contributed by atoms with Crippen molar-refractivity contribution >= 4 is 21.9 Å². The van der Waals surface area contributed by atoms with Crippen LogP contribution in [0.2, 0.25) is 0 Å². The molecular formula is C24H20N4O2. The standard InChI is InChI=1S/C24H20N4O2/c1-13(2)15-6-9-20-16(10-15)11-17-12-19-22(26-24(30)27-23(19)29)28(21(17)25-20)18-7-4-14(3)5-8-18/h4-13H,1-3H3,(H,27,29,30). The third-order valence-corrected chi connectivity index (χ3v) is 5.44. The van der Waals surface area contributed by atoms with Crippen LogP contribution in [-0.2, 0) is 0 Å². The van der Waals surface area contributed by atoms with Crippen LogP contribution >= 0.6 is 0 Å². The summed E-state index contributed by atoms with van der Waals surface area (Å²) in [4.78, 5) is 35.8. The zero-order valence-electron chi connectivity index (χ0n) is 16.9. The smallest absolute Gasteiger partial charge is 0.278 e. The van der Waals surface area contributed by atoms with Gasteiger partial charge in [-0.15, -0.1) is 0 Å². The molecule has 1 N–H and O–H groups in total. The molecule has 0 saturated heterocycles. The van der Waals surface area contributed by atoms with Gasteiger partial charge >= 0.3 is 5.69 Å². The highest BCUT2D eigenvalue weighted by Gasteiger charge is 2.19. The highest BCUT2D eigenvalue weighted by Crippen LogP contribution is 2.30. The first-order chi connectivity index (χ1) is 14.4. The summed E-state index contributed by atoms with van der Waals surface area (Å²) in [5.74, 6) is 0.701. The van der Waals surface area contributed by atoms with Crippen molar-refractivity contribution < 1.29 is 0 Å². The molecule has 5 rings (SSSR count). The zero-order chi connectivity index (χ0) is 21.0. The Hall–Kier alpha value is -3.80. The van der Waals surface area contributed by atoms with E-state index in [2.05, 4.69) is 35.9 Å². The zero-order valence-corrected chi connectivity index (χ0v) is 16.9. The van der Waals surface area contributed by atoms with E-state index in [0.717, 1.165) is 27.5 Å². The first-order valence-corrected chi connectivity index (χ1v) is 9.88. The number of pyridine rings is 2. The molecule has 6 nitrogen and oxygen atoms in total. The second-order valence-corrected chi connectivity index (χ2v) is 7.93. The number of aryl methyl sites for hydroxylation is 1. The molecule has 2 aromatic carbocycles. The van der Waals surface area contributed by atoms with E-state index in [1.54, 1.807) is 10.6 Å². The monoisotopic (exact) mass is 396 g/mol. The number of benzene rings is 2. The Morgan fingerprint density at radius 1 is 0.900 bits per heavy atom. The SMILES string of the molecule is Cc1ccc(-n2c3nc(=O)[nH]c(=O)c-3cc3cc4cc(C(C)C)ccc4nc32)cc1. The molecule has 3 heterocycles. The van der Waals surface area contributed by atoms with Gasteiger partial charge in [0.15, 0.2) is 5.82 Å². The van der Waals surface area contributed by atoms with E-state index >= 15 is 0 Å². The van der Waals surface area contributed by atoms with Gasteiger partial charge in [-0.2, -0.15) is 4.98 Å². The molecule has 0 unspecified atom stereocenters. The first-order valence-electron chi connectivity index (χ1n) is 9.88. The number of hydrogen-bond donors (Lipinski definition) is 1. The maximum Gasteiger partial charge on any atom is 0.349 e. The summed E-state index contributed by atoms with van der Waals surface area (Å²) in [6.07, 6.45) is 0. The fourth-order valence-corrected chi connectivity index (χ4v) is 3.79. The van der Waals surface area contributed by atoms with E-state index in [0.29, 0.717) is 23.0 Å². The fourth-order valence-electron chi connectivity index (χ4n) is 3.79. The summed E-state index contributed by atoms with van der Waals surface area (Å²) in [5, 5.41) is 1.82. The Bertz CT molecular complexity index is 1510. The van der Waals surface area contributed by atoms with Crippen LogP contribution in [0.25, 0.3) is 39.0 Å². The Morgan fingerprint density at radius 2 is 1.67 bits per heavy atom. The van der Waals surface area contributed by atoms with Crippen LogP contribution < -0.4 is 11.2 Å². The number of aromatic nitrogens is 4. The van der Waals surface area contributed by atoms with Crippen LogP contribution in [-0.4, -0.2) is 19.5 Å². The van der Waals surface area contributed by atoms with Crippen LogP contribution in [0.3, 0.4) is 0 Å². The van der Waals surface area contributed by atoms with Crippen LogP contribution in [0.1, 0.15) is 30.9 Å². The summed E-state index contributed by atoms with van der Waals surface area (Å²) >= 11 is 0. The van der Waals surface area contributed by atoms with Gasteiger partial charge in [-0.25, -0.2) is 9.78 Å². The third kappa shape index (κ3) is 2.88. The molecule has 0 saturated carbocycles. The quantitative estimate of drug-likeness (QED) is 0.454. The molecule has 0 radical (unpaired) electrons. The largest absolute Gasteiger partial charge is 0.349 e. The number of rotatable bonds is 2. The predicted octanol–water partition coefficient (Wildman–Crippen LogP) is 4.16. The molecule has 0 fully saturated rings. The maximum atomic E-state index is 12.6. The van der Waals surface area contributed by atoms with Crippen LogP contribution in [0.15, 0.2) is 64.2 Å². The molecule has 3 aromatic rings. The van der Waals surface area contributed by atoms with Gasteiger partial charge in [-0.05, 0) is 54.8 Å². The average Bonchev–Trinajstić information content (AvgIpc) is 2.71. The summed E-state index contributed by atoms with van der Waals surface area (Å²) < 4.78 is 1.79. The fraction of sp³-hybridized carbons (Fsp3) is 0.167. The minimum Gasteiger partial charge on any atom is -0.278 e. The van der Waals surface area contributed by atoms with Gasteiger partial charge in [-0.1, -0.05) is 37.6 Å². The van der Waals surface area contributed by atoms with Crippen LogP contribution in [0, 0.1) is 6.92 Å². The van der Waals surface area contributed by atoms with Gasteiger partial charge < -0.3 is 0 Å². The molecule has 2 aliphatic heterocycles. The van der Waals surface area contributed by atoms with Crippen molar-refractivity contribution in [1.29, 1.82) is 0 Å². The van der Waals surface area contributed by atoms with E-state index in [1.165, 1.54) is 5.56 Å². The molecule has 148 valence electrons. The molecule has 1 aromatic heterocycles. The topological polar surface area (TPSA) is 80.6 Å². The van der Waals surface area contributed by atoms with E-state index in [4.69, 9.17) is 4.98 Å². The number of nitrogens with one attached hydrogen (secondary N) is 1. The van der Waals surface area contributed by atoms with Gasteiger partial charge in [0.25, 0.3) is 5.56 Å². The molecule has 0 amide bonds. The first kappa shape index (κ1) is 18.2. The highest BCUT2D eigenvalue weighted by molar-refractivity contribution is 5.94. The van der Waals surface area contributed by atoms with Crippen molar-refractivity contribution in [2.24, 2.45) is 0 Å². The lowest BCUT2D eigenvalue weighted by Gasteiger charge is -2.17. The molecule has 0 bridgehead atoms. The minimum absolute atomic E-state index is 0.297. The van der Waals surface area contributed by atoms with Crippen molar-refractivity contribution in [1.82, 2.24) is 19.5 Å². The van der Waals surface area contributed by atoms with Gasteiger partial charge in [-0.3, -0.25) is 14.3 Å². The van der Waals surface area contributed by atoms with E-state index < -0.39 is 11.2 Å². The van der Waals surface area contributed by atoms with E-state index in [1.807, 2.05) is 43.3 Å². The molecule has 0 spiro atoms. The number of H-pyrrole nitrogens is 1. The molecule has 0 atom stereocenters. The van der Waals surface area contributed by atoms with Crippen LogP contribution in [0.4, 0.5) is 0 Å². The molecule has 2 aliphatic rings. The Kier molecular flexibility index (Phi) is 4.03. The molecular weight excluding hydrogens is 376 g/mol. The lowest BCUT2D eigenvalue weighted by atomic mass is 10.0. The van der Waals surface area contributed by atoms with Crippen molar-refractivity contribution in [3.05, 3.63) is 86.6 Å². The van der Waals surface area contributed by atoms with Gasteiger partial charge in [0.2, 0.25) is 0 Å². The maximum absolute atomic E-state index is 12.6. The summed E-state index contributed by atoms with van der Waals surface area (Å²) in [6.45, 7) is 6.31. The minimum atomic E-state index is -0.671. The summed E-state index contributed by atoms with van der Waals surface area (Å²) in [6, 6.07) is 17.9. The average molecular weight is 396 g/mol. The van der Waals surface area contributed by atoms with E-state index in [-0.39, 0.29) is 0 Å². The van der Waals surface area contributed by atoms with Crippen molar-refractivity contribution in [3.8, 4) is 17.1 Å². The third-order valence-electron chi connectivity index (χ3n) is 5.44. The summed E-state index contributed by atoms with van der Waals surface area (Å²) in [7, 11) is 0. The van der Waals surface area contributed by atoms with Gasteiger partial charge in [0, 0.05) is 16.5 Å². The van der Waals surface area contributed by atoms with Crippen molar-refractivity contribution in [3.63, 3.8) is 0 Å².